The van der Waals surface area contributed by atoms with E-state index in [-0.39, 0.29) is 6.10 Å². The molecule has 0 heterocycles. The minimum absolute atomic E-state index is 0.177. The van der Waals surface area contributed by atoms with Crippen LogP contribution in [-0.4, -0.2) is 12.7 Å². The number of hydrogen-bond donors (Lipinski definition) is 4. The van der Waals surface area contributed by atoms with Gasteiger partial charge in [0.25, 0.3) is 0 Å². The topological polar surface area (TPSA) is 123 Å². The summed E-state index contributed by atoms with van der Waals surface area (Å²) < 4.78 is 5.50. The molecule has 0 radical (unpaired) electrons. The second-order valence-corrected chi connectivity index (χ2v) is 10.6. The molecule has 0 saturated heterocycles. The van der Waals surface area contributed by atoms with E-state index >= 15 is 0 Å². The predicted molar refractivity (Wildman–Crippen MR) is 145 cm³/mol. The number of nitrogen functional groups attached to an aromatic ring is 3. The standard InChI is InChI=1S/C29H44N4O2/c1-2-34-18-23-10-7-20(17-27(23)30)4-3-19-5-8-21(9-6-19)25-15-16-26(29(32)28(25)31)22-11-13-24(35-33)14-12-22/h7,10,15-17,19,21-22,24H,2-6,8-9,11-14,18,30-33H2,1H3. The van der Waals surface area contributed by atoms with Gasteiger partial charge in [-0.25, -0.2) is 5.90 Å². The maximum Gasteiger partial charge on any atom is 0.0787 e. The third-order valence-electron chi connectivity index (χ3n) is 8.46. The van der Waals surface area contributed by atoms with E-state index in [9.17, 15) is 0 Å². The maximum absolute atomic E-state index is 6.61. The van der Waals surface area contributed by atoms with Gasteiger partial charge in [0.15, 0.2) is 0 Å². The average Bonchev–Trinajstić information content (AvgIpc) is 2.89. The van der Waals surface area contributed by atoms with Crippen molar-refractivity contribution in [2.24, 2.45) is 11.8 Å². The van der Waals surface area contributed by atoms with Crippen LogP contribution in [0, 0.1) is 5.92 Å². The van der Waals surface area contributed by atoms with E-state index < -0.39 is 0 Å². The third kappa shape index (κ3) is 6.29. The normalized spacial score (nSPS) is 25.0. The van der Waals surface area contributed by atoms with Crippen molar-refractivity contribution in [1.29, 1.82) is 0 Å². The summed E-state index contributed by atoms with van der Waals surface area (Å²) in [4.78, 5) is 5.04. The number of ether oxygens (including phenoxy) is 1. The van der Waals surface area contributed by atoms with Gasteiger partial charge in [-0.2, -0.15) is 0 Å². The summed E-state index contributed by atoms with van der Waals surface area (Å²) in [6.07, 6.45) is 11.4. The second kappa shape index (κ2) is 12.1. The molecule has 4 rings (SSSR count). The summed E-state index contributed by atoms with van der Waals surface area (Å²) >= 11 is 0. The number of benzene rings is 2. The Bertz CT molecular complexity index is 963. The van der Waals surface area contributed by atoms with Crippen molar-refractivity contribution in [3.8, 4) is 0 Å². The lowest BCUT2D eigenvalue weighted by Gasteiger charge is -2.32. The lowest BCUT2D eigenvalue weighted by atomic mass is 9.75. The molecule has 2 aromatic rings. The largest absolute Gasteiger partial charge is 0.398 e. The van der Waals surface area contributed by atoms with Gasteiger partial charge in [0.1, 0.15) is 0 Å². The molecule has 2 fully saturated rings. The third-order valence-corrected chi connectivity index (χ3v) is 8.46. The van der Waals surface area contributed by atoms with Crippen LogP contribution in [0.2, 0.25) is 0 Å². The molecule has 0 unspecified atom stereocenters. The first-order chi connectivity index (χ1) is 17.0. The minimum atomic E-state index is 0.177. The molecule has 8 N–H and O–H groups in total. The summed E-state index contributed by atoms with van der Waals surface area (Å²) in [6, 6.07) is 10.9. The Kier molecular flexibility index (Phi) is 8.93. The lowest BCUT2D eigenvalue weighted by molar-refractivity contribution is 0.0241. The molecule has 0 aromatic heterocycles. The molecule has 0 amide bonds. The highest BCUT2D eigenvalue weighted by Crippen LogP contribution is 2.44. The lowest BCUT2D eigenvalue weighted by Crippen LogP contribution is -2.24. The SMILES string of the molecule is CCOCc1ccc(CCC2CCC(c3ccc(C4CCC(ON)CC4)c(N)c3N)CC2)cc1N. The van der Waals surface area contributed by atoms with E-state index in [0.717, 1.165) is 60.6 Å². The summed E-state index contributed by atoms with van der Waals surface area (Å²) in [5, 5.41) is 0. The molecule has 2 aromatic carbocycles. The zero-order valence-electron chi connectivity index (χ0n) is 21.3. The smallest absolute Gasteiger partial charge is 0.0787 e. The van der Waals surface area contributed by atoms with Crippen molar-refractivity contribution in [3.05, 3.63) is 52.6 Å². The fourth-order valence-corrected chi connectivity index (χ4v) is 6.17. The van der Waals surface area contributed by atoms with E-state index in [1.54, 1.807) is 0 Å². The number of hydrogen-bond acceptors (Lipinski definition) is 6. The summed E-state index contributed by atoms with van der Waals surface area (Å²) in [5.74, 6) is 7.10. The van der Waals surface area contributed by atoms with Crippen LogP contribution in [0.1, 0.15) is 98.8 Å². The second-order valence-electron chi connectivity index (χ2n) is 10.6. The Morgan fingerprint density at radius 2 is 1.40 bits per heavy atom. The summed E-state index contributed by atoms with van der Waals surface area (Å²) in [5.41, 5.74) is 26.7. The zero-order chi connectivity index (χ0) is 24.8. The highest BCUT2D eigenvalue weighted by molar-refractivity contribution is 5.72. The van der Waals surface area contributed by atoms with Crippen LogP contribution in [0.15, 0.2) is 30.3 Å². The number of anilines is 3. The van der Waals surface area contributed by atoms with Gasteiger partial charge in [-0.05, 0) is 112 Å². The van der Waals surface area contributed by atoms with Gasteiger partial charge in [0.05, 0.1) is 24.1 Å². The van der Waals surface area contributed by atoms with Crippen LogP contribution in [0.25, 0.3) is 0 Å². The van der Waals surface area contributed by atoms with Gasteiger partial charge < -0.3 is 26.8 Å². The van der Waals surface area contributed by atoms with Gasteiger partial charge in [-0.3, -0.25) is 0 Å². The van der Waals surface area contributed by atoms with E-state index in [1.807, 2.05) is 6.92 Å². The Hall–Kier alpha value is -2.28. The van der Waals surface area contributed by atoms with Crippen LogP contribution < -0.4 is 23.1 Å². The molecule has 0 aliphatic heterocycles. The van der Waals surface area contributed by atoms with Gasteiger partial charge in [-0.1, -0.05) is 24.3 Å². The molecule has 2 aliphatic carbocycles. The fraction of sp³-hybridized carbons (Fsp3) is 0.586. The molecule has 6 nitrogen and oxygen atoms in total. The number of rotatable bonds is 9. The molecule has 192 valence electrons. The quantitative estimate of drug-likeness (QED) is 0.266. The molecule has 0 spiro atoms. The minimum Gasteiger partial charge on any atom is -0.398 e. The van der Waals surface area contributed by atoms with E-state index in [0.29, 0.717) is 25.0 Å². The molecular formula is C29H44N4O2. The van der Waals surface area contributed by atoms with Gasteiger partial charge >= 0.3 is 0 Å². The van der Waals surface area contributed by atoms with Crippen molar-refractivity contribution in [1.82, 2.24) is 0 Å². The van der Waals surface area contributed by atoms with Gasteiger partial charge in [-0.15, -0.1) is 0 Å². The predicted octanol–water partition coefficient (Wildman–Crippen LogP) is 5.79. The van der Waals surface area contributed by atoms with Crippen LogP contribution in [0.3, 0.4) is 0 Å². The first kappa shape index (κ1) is 25.8. The Labute approximate surface area is 210 Å². The molecule has 2 saturated carbocycles. The maximum atomic E-state index is 6.61. The Morgan fingerprint density at radius 3 is 1.94 bits per heavy atom. The molecule has 0 atom stereocenters. The molecule has 6 heteroatoms. The Morgan fingerprint density at radius 1 is 0.800 bits per heavy atom. The van der Waals surface area contributed by atoms with E-state index in [1.165, 1.54) is 48.8 Å². The van der Waals surface area contributed by atoms with Crippen molar-refractivity contribution in [2.75, 3.05) is 23.8 Å². The fourth-order valence-electron chi connectivity index (χ4n) is 6.17. The van der Waals surface area contributed by atoms with Crippen molar-refractivity contribution < 1.29 is 9.57 Å². The van der Waals surface area contributed by atoms with Crippen molar-refractivity contribution in [2.45, 2.75) is 95.7 Å². The average molecular weight is 481 g/mol. The molecular weight excluding hydrogens is 436 g/mol. The van der Waals surface area contributed by atoms with Crippen molar-refractivity contribution in [3.63, 3.8) is 0 Å². The molecule has 35 heavy (non-hydrogen) atoms. The Balaban J connectivity index is 1.29. The zero-order valence-corrected chi connectivity index (χ0v) is 21.3. The highest BCUT2D eigenvalue weighted by atomic mass is 16.6. The van der Waals surface area contributed by atoms with Gasteiger partial charge in [0.2, 0.25) is 0 Å². The van der Waals surface area contributed by atoms with Crippen LogP contribution in [0.4, 0.5) is 17.1 Å². The first-order valence-corrected chi connectivity index (χ1v) is 13.5. The number of aryl methyl sites for hydroxylation is 1. The highest BCUT2D eigenvalue weighted by Gasteiger charge is 2.28. The molecule has 0 bridgehead atoms. The van der Waals surface area contributed by atoms with Gasteiger partial charge in [0, 0.05) is 17.9 Å². The first-order valence-electron chi connectivity index (χ1n) is 13.5. The molecule has 2 aliphatic rings. The van der Waals surface area contributed by atoms with Crippen LogP contribution in [0.5, 0.6) is 0 Å². The number of nitrogens with two attached hydrogens (primary N) is 4. The van der Waals surface area contributed by atoms with Crippen LogP contribution in [-0.2, 0) is 22.6 Å². The monoisotopic (exact) mass is 480 g/mol. The summed E-state index contributed by atoms with van der Waals surface area (Å²) in [7, 11) is 0. The van der Waals surface area contributed by atoms with Crippen molar-refractivity contribution >= 4 is 17.1 Å². The summed E-state index contributed by atoms with van der Waals surface area (Å²) in [6.45, 7) is 3.30. The van der Waals surface area contributed by atoms with E-state index in [4.69, 9.17) is 32.7 Å². The van der Waals surface area contributed by atoms with Crippen LogP contribution >= 0.6 is 0 Å². The van der Waals surface area contributed by atoms with E-state index in [2.05, 4.69) is 30.3 Å².